The van der Waals surface area contributed by atoms with Crippen molar-refractivity contribution in [1.82, 2.24) is 0 Å². The zero-order valence-corrected chi connectivity index (χ0v) is 11.9. The average molecular weight is 342 g/mol. The zero-order chi connectivity index (χ0) is 17.8. The largest absolute Gasteiger partial charge is 0.478 e. The second-order valence-corrected chi connectivity index (χ2v) is 5.08. The van der Waals surface area contributed by atoms with E-state index in [1.807, 2.05) is 0 Å². The highest BCUT2D eigenvalue weighted by atomic mass is 19.1. The Morgan fingerprint density at radius 1 is 1.09 bits per heavy atom. The van der Waals surface area contributed by atoms with Gasteiger partial charge in [-0.25, -0.2) is 14.0 Å². The minimum absolute atomic E-state index is 0.329. The summed E-state index contributed by atoms with van der Waals surface area (Å²) in [6, 6.07) is 0. The summed E-state index contributed by atoms with van der Waals surface area (Å²) in [5.41, 5.74) is -3.46. The standard InChI is InChI=1S/C12H19FO10/c13-12(10(18)19,11(20)21)2-1-3-22-9-8(17)7(16)6(15)5(4-14)23-9/h5-9,14-17H,1-4H2,(H,18,19)(H,20,21)/t5-,6+,7+,8-,9-/m1/s1. The number of halogens is 1. The molecular weight excluding hydrogens is 323 g/mol. The molecule has 1 rings (SSSR count). The van der Waals surface area contributed by atoms with Gasteiger partial charge in [0, 0.05) is 6.42 Å². The lowest BCUT2D eigenvalue weighted by atomic mass is 9.99. The summed E-state index contributed by atoms with van der Waals surface area (Å²) in [5, 5.41) is 54.8. The van der Waals surface area contributed by atoms with Gasteiger partial charge in [-0.05, 0) is 6.42 Å². The minimum Gasteiger partial charge on any atom is -0.478 e. The van der Waals surface area contributed by atoms with Gasteiger partial charge >= 0.3 is 17.6 Å². The Labute approximate surface area is 129 Å². The van der Waals surface area contributed by atoms with Crippen molar-refractivity contribution in [2.24, 2.45) is 0 Å². The molecule has 1 heterocycles. The Bertz CT molecular complexity index is 414. The van der Waals surface area contributed by atoms with Crippen LogP contribution in [0.2, 0.25) is 0 Å². The van der Waals surface area contributed by atoms with Crippen LogP contribution >= 0.6 is 0 Å². The van der Waals surface area contributed by atoms with Crippen LogP contribution in [0.3, 0.4) is 0 Å². The van der Waals surface area contributed by atoms with Crippen molar-refractivity contribution in [3.63, 3.8) is 0 Å². The molecule has 0 aromatic carbocycles. The Morgan fingerprint density at radius 3 is 2.13 bits per heavy atom. The van der Waals surface area contributed by atoms with Gasteiger partial charge in [-0.2, -0.15) is 0 Å². The van der Waals surface area contributed by atoms with Gasteiger partial charge < -0.3 is 40.1 Å². The third-order valence-corrected chi connectivity index (χ3v) is 3.47. The molecule has 11 heteroatoms. The molecule has 0 amide bonds. The molecule has 0 saturated carbocycles. The Morgan fingerprint density at radius 2 is 1.65 bits per heavy atom. The predicted octanol–water partition coefficient (Wildman–Crippen LogP) is -2.54. The van der Waals surface area contributed by atoms with Crippen molar-refractivity contribution in [2.45, 2.75) is 49.2 Å². The summed E-state index contributed by atoms with van der Waals surface area (Å²) in [5.74, 6) is -4.28. The van der Waals surface area contributed by atoms with E-state index in [0.717, 1.165) is 0 Å². The number of carboxylic acid groups (broad SMARTS) is 2. The molecule has 6 N–H and O–H groups in total. The summed E-state index contributed by atoms with van der Waals surface area (Å²) in [6.07, 6.45) is -8.71. The maximum Gasteiger partial charge on any atom is 0.353 e. The lowest BCUT2D eigenvalue weighted by Crippen LogP contribution is -2.59. The lowest BCUT2D eigenvalue weighted by molar-refractivity contribution is -0.301. The van der Waals surface area contributed by atoms with E-state index in [1.165, 1.54) is 0 Å². The molecule has 10 nitrogen and oxygen atoms in total. The number of hydrogen-bond donors (Lipinski definition) is 6. The van der Waals surface area contributed by atoms with Crippen molar-refractivity contribution in [3.8, 4) is 0 Å². The molecule has 23 heavy (non-hydrogen) atoms. The summed E-state index contributed by atoms with van der Waals surface area (Å²) in [7, 11) is 0. The van der Waals surface area contributed by atoms with Gasteiger partial charge in [-0.15, -0.1) is 0 Å². The van der Waals surface area contributed by atoms with E-state index in [-0.39, 0.29) is 13.0 Å². The highest BCUT2D eigenvalue weighted by Gasteiger charge is 2.47. The van der Waals surface area contributed by atoms with Crippen molar-refractivity contribution in [1.29, 1.82) is 0 Å². The molecule has 0 aromatic rings. The maximum atomic E-state index is 13.7. The van der Waals surface area contributed by atoms with Gasteiger partial charge in [0.2, 0.25) is 0 Å². The van der Waals surface area contributed by atoms with Crippen molar-refractivity contribution in [3.05, 3.63) is 0 Å². The monoisotopic (exact) mass is 342 g/mol. The molecule has 0 aromatic heterocycles. The second-order valence-electron chi connectivity index (χ2n) is 5.08. The zero-order valence-electron chi connectivity index (χ0n) is 11.9. The molecule has 1 aliphatic heterocycles. The first-order chi connectivity index (χ1) is 10.6. The van der Waals surface area contributed by atoms with Crippen LogP contribution in [0.15, 0.2) is 0 Å². The highest BCUT2D eigenvalue weighted by molar-refractivity contribution is 6.01. The van der Waals surface area contributed by atoms with Gasteiger partial charge in [0.1, 0.15) is 24.4 Å². The van der Waals surface area contributed by atoms with Crippen LogP contribution in [-0.2, 0) is 19.1 Å². The number of ether oxygens (including phenoxy) is 2. The molecule has 0 unspecified atom stereocenters. The van der Waals surface area contributed by atoms with Crippen LogP contribution in [0.1, 0.15) is 12.8 Å². The van der Waals surface area contributed by atoms with E-state index in [9.17, 15) is 29.3 Å². The maximum absolute atomic E-state index is 13.7. The lowest BCUT2D eigenvalue weighted by Gasteiger charge is -2.39. The summed E-state index contributed by atoms with van der Waals surface area (Å²) < 4.78 is 23.7. The number of aliphatic carboxylic acids is 2. The number of alkyl halides is 1. The van der Waals surface area contributed by atoms with Gasteiger partial charge in [-0.1, -0.05) is 0 Å². The fraction of sp³-hybridized carbons (Fsp3) is 0.833. The van der Waals surface area contributed by atoms with E-state index in [4.69, 9.17) is 24.8 Å². The fourth-order valence-corrected chi connectivity index (χ4v) is 2.03. The SMILES string of the molecule is O=C(O)C(F)(CCCO[C@@H]1O[C@H](CO)[C@H](O)[C@H](O)[C@H]1O)C(=O)O. The average Bonchev–Trinajstić information content (AvgIpc) is 2.50. The molecule has 0 spiro atoms. The summed E-state index contributed by atoms with van der Waals surface area (Å²) >= 11 is 0. The first-order valence-electron chi connectivity index (χ1n) is 6.73. The van der Waals surface area contributed by atoms with Crippen molar-refractivity contribution >= 4 is 11.9 Å². The second kappa shape index (κ2) is 7.95. The van der Waals surface area contributed by atoms with Crippen molar-refractivity contribution < 1.29 is 54.1 Å². The summed E-state index contributed by atoms with van der Waals surface area (Å²) in [6.45, 7) is -1.04. The number of aliphatic hydroxyl groups is 4. The van der Waals surface area contributed by atoms with Gasteiger partial charge in [-0.3, -0.25) is 0 Å². The van der Waals surface area contributed by atoms with Crippen molar-refractivity contribution in [2.75, 3.05) is 13.2 Å². The smallest absolute Gasteiger partial charge is 0.353 e. The third-order valence-electron chi connectivity index (χ3n) is 3.47. The topological polar surface area (TPSA) is 174 Å². The fourth-order valence-electron chi connectivity index (χ4n) is 2.03. The molecule has 0 radical (unpaired) electrons. The molecule has 0 aliphatic carbocycles. The van der Waals surface area contributed by atoms with E-state index in [0.29, 0.717) is 0 Å². The number of aliphatic hydroxyl groups excluding tert-OH is 4. The summed E-state index contributed by atoms with van der Waals surface area (Å²) in [4.78, 5) is 21.2. The van der Waals surface area contributed by atoms with Crippen LogP contribution in [-0.4, -0.2) is 92.2 Å². The number of carboxylic acids is 2. The molecule has 1 saturated heterocycles. The quantitative estimate of drug-likeness (QED) is 0.204. The molecule has 134 valence electrons. The van der Waals surface area contributed by atoms with Crippen LogP contribution < -0.4 is 0 Å². The molecular formula is C12H19FO10. The van der Waals surface area contributed by atoms with E-state index < -0.39 is 61.3 Å². The molecule has 5 atom stereocenters. The minimum atomic E-state index is -3.46. The van der Waals surface area contributed by atoms with E-state index in [1.54, 1.807) is 0 Å². The van der Waals surface area contributed by atoms with Gasteiger partial charge in [0.05, 0.1) is 13.2 Å². The highest BCUT2D eigenvalue weighted by Crippen LogP contribution is 2.23. The predicted molar refractivity (Wildman–Crippen MR) is 68.1 cm³/mol. The number of rotatable bonds is 8. The molecule has 1 aliphatic rings. The molecule has 1 fully saturated rings. The first-order valence-corrected chi connectivity index (χ1v) is 6.73. The van der Waals surface area contributed by atoms with E-state index in [2.05, 4.69) is 0 Å². The Balaban J connectivity index is 2.52. The van der Waals surface area contributed by atoms with Gasteiger partial charge in [0.25, 0.3) is 0 Å². The van der Waals surface area contributed by atoms with Crippen LogP contribution in [0.4, 0.5) is 4.39 Å². The first kappa shape index (κ1) is 19.7. The Kier molecular flexibility index (Phi) is 6.80. The Hall–Kier alpha value is -1.37. The van der Waals surface area contributed by atoms with Crippen LogP contribution in [0.5, 0.6) is 0 Å². The van der Waals surface area contributed by atoms with Gasteiger partial charge in [0.15, 0.2) is 6.29 Å². The van der Waals surface area contributed by atoms with Crippen LogP contribution in [0, 0.1) is 0 Å². The number of hydrogen-bond acceptors (Lipinski definition) is 8. The normalized spacial score (nSPS) is 31.8. The van der Waals surface area contributed by atoms with E-state index >= 15 is 0 Å². The third kappa shape index (κ3) is 4.34. The molecule has 0 bridgehead atoms. The van der Waals surface area contributed by atoms with Crippen LogP contribution in [0.25, 0.3) is 0 Å². The number of carbonyl (C=O) groups is 2.